The van der Waals surface area contributed by atoms with Gasteiger partial charge in [0.25, 0.3) is 0 Å². The number of rotatable bonds is 7. The lowest BCUT2D eigenvalue weighted by molar-refractivity contribution is -0.140. The fourth-order valence-corrected chi connectivity index (χ4v) is 0.913. The van der Waals surface area contributed by atoms with Crippen molar-refractivity contribution >= 4 is 5.97 Å². The zero-order valence-corrected chi connectivity index (χ0v) is 9.37. The fourth-order valence-electron chi connectivity index (χ4n) is 0.913. The molecule has 0 saturated carbocycles. The van der Waals surface area contributed by atoms with Gasteiger partial charge in [0, 0.05) is 13.7 Å². The van der Waals surface area contributed by atoms with E-state index in [0.717, 1.165) is 6.42 Å². The van der Waals surface area contributed by atoms with Gasteiger partial charge in [0.1, 0.15) is 0 Å². The average molecular weight is 204 g/mol. The molecule has 0 bridgehead atoms. The van der Waals surface area contributed by atoms with Gasteiger partial charge >= 0.3 is 5.97 Å². The largest absolute Gasteiger partial charge is 0.481 e. The zero-order valence-electron chi connectivity index (χ0n) is 9.37. The van der Waals surface area contributed by atoms with Crippen LogP contribution in [0.3, 0.4) is 0 Å². The molecule has 0 rings (SSSR count). The highest BCUT2D eigenvalue weighted by molar-refractivity contribution is 5.67. The van der Waals surface area contributed by atoms with Gasteiger partial charge in [-0.1, -0.05) is 0 Å². The van der Waals surface area contributed by atoms with E-state index in [4.69, 9.17) is 14.6 Å². The van der Waals surface area contributed by atoms with E-state index in [9.17, 15) is 4.79 Å². The summed E-state index contributed by atoms with van der Waals surface area (Å²) in [5.74, 6) is -0.830. The summed E-state index contributed by atoms with van der Waals surface area (Å²) in [6.45, 7) is 6.22. The van der Waals surface area contributed by atoms with Gasteiger partial charge in [0.2, 0.25) is 0 Å². The molecule has 0 fully saturated rings. The minimum Gasteiger partial charge on any atom is -0.481 e. The van der Waals surface area contributed by atoms with E-state index < -0.39 is 5.97 Å². The highest BCUT2D eigenvalue weighted by Crippen LogP contribution is 2.13. The smallest absolute Gasteiger partial charge is 0.305 e. The lowest BCUT2D eigenvalue weighted by Crippen LogP contribution is -2.26. The van der Waals surface area contributed by atoms with Crippen LogP contribution in [0.2, 0.25) is 0 Å². The molecule has 0 spiro atoms. The molecule has 0 aliphatic carbocycles. The van der Waals surface area contributed by atoms with Crippen molar-refractivity contribution in [2.45, 2.75) is 45.3 Å². The van der Waals surface area contributed by atoms with Crippen LogP contribution in [0, 0.1) is 0 Å². The molecule has 84 valence electrons. The summed E-state index contributed by atoms with van der Waals surface area (Å²) in [5.41, 5.74) is -0.205. The third-order valence-corrected chi connectivity index (χ3v) is 2.12. The van der Waals surface area contributed by atoms with E-state index in [-0.39, 0.29) is 18.1 Å². The number of carbonyl (C=O) groups is 1. The average Bonchev–Trinajstić information content (AvgIpc) is 2.02. The van der Waals surface area contributed by atoms with Gasteiger partial charge in [0.05, 0.1) is 18.1 Å². The molecule has 4 nitrogen and oxygen atoms in total. The number of methoxy groups -OCH3 is 1. The molecule has 0 saturated heterocycles. The van der Waals surface area contributed by atoms with E-state index in [2.05, 4.69) is 0 Å². The maximum absolute atomic E-state index is 10.3. The lowest BCUT2D eigenvalue weighted by Gasteiger charge is -2.23. The van der Waals surface area contributed by atoms with Crippen molar-refractivity contribution in [3.8, 4) is 0 Å². The predicted molar refractivity (Wildman–Crippen MR) is 53.4 cm³/mol. The van der Waals surface area contributed by atoms with E-state index >= 15 is 0 Å². The Labute approximate surface area is 85.2 Å². The van der Waals surface area contributed by atoms with Crippen LogP contribution in [0.4, 0.5) is 0 Å². The Balaban J connectivity index is 3.58. The second kappa shape index (κ2) is 5.98. The number of hydrogen-bond donors (Lipinski definition) is 1. The SMILES string of the molecule is COC(C)(C)CCOC(C)CC(=O)O. The molecule has 1 unspecified atom stereocenters. The molecule has 4 heteroatoms. The molecule has 14 heavy (non-hydrogen) atoms. The van der Waals surface area contributed by atoms with E-state index in [1.165, 1.54) is 0 Å². The molecule has 0 amide bonds. The summed E-state index contributed by atoms with van der Waals surface area (Å²) in [4.78, 5) is 10.3. The normalized spacial score (nSPS) is 14.0. The van der Waals surface area contributed by atoms with Crippen molar-refractivity contribution in [3.63, 3.8) is 0 Å². The molecule has 0 aromatic heterocycles. The van der Waals surface area contributed by atoms with Crippen LogP contribution >= 0.6 is 0 Å². The quantitative estimate of drug-likeness (QED) is 0.685. The first-order valence-corrected chi connectivity index (χ1v) is 4.76. The fraction of sp³-hybridized carbons (Fsp3) is 0.900. The van der Waals surface area contributed by atoms with Gasteiger partial charge in [-0.2, -0.15) is 0 Å². The highest BCUT2D eigenvalue weighted by atomic mass is 16.5. The Hall–Kier alpha value is -0.610. The molecule has 0 radical (unpaired) electrons. The van der Waals surface area contributed by atoms with Crippen LogP contribution in [-0.2, 0) is 14.3 Å². The van der Waals surface area contributed by atoms with Gasteiger partial charge in [-0.05, 0) is 27.2 Å². The Bertz CT molecular complexity index is 177. The number of aliphatic carboxylic acids is 1. The van der Waals surface area contributed by atoms with Crippen LogP contribution in [0.5, 0.6) is 0 Å². The molecule has 0 aromatic rings. The minimum atomic E-state index is -0.830. The van der Waals surface area contributed by atoms with Crippen LogP contribution in [0.25, 0.3) is 0 Å². The summed E-state index contributed by atoms with van der Waals surface area (Å²) in [6.07, 6.45) is 0.570. The minimum absolute atomic E-state index is 0.0490. The van der Waals surface area contributed by atoms with Crippen molar-refractivity contribution in [1.82, 2.24) is 0 Å². The summed E-state index contributed by atoms with van der Waals surface area (Å²) in [7, 11) is 1.65. The third kappa shape index (κ3) is 6.86. The van der Waals surface area contributed by atoms with Crippen molar-refractivity contribution in [1.29, 1.82) is 0 Å². The topological polar surface area (TPSA) is 55.8 Å². The molecule has 1 N–H and O–H groups in total. The first-order valence-electron chi connectivity index (χ1n) is 4.76. The van der Waals surface area contributed by atoms with Crippen LogP contribution < -0.4 is 0 Å². The first kappa shape index (κ1) is 13.4. The molecule has 0 aliphatic heterocycles. The Kier molecular flexibility index (Phi) is 5.72. The summed E-state index contributed by atoms with van der Waals surface area (Å²) < 4.78 is 10.5. The predicted octanol–water partition coefficient (Wildman–Crippen LogP) is 1.68. The second-order valence-corrected chi connectivity index (χ2v) is 3.99. The second-order valence-electron chi connectivity index (χ2n) is 3.99. The monoisotopic (exact) mass is 204 g/mol. The lowest BCUT2D eigenvalue weighted by atomic mass is 10.1. The van der Waals surface area contributed by atoms with Gasteiger partial charge < -0.3 is 14.6 Å². The number of ether oxygens (including phenoxy) is 2. The van der Waals surface area contributed by atoms with Gasteiger partial charge in [0.15, 0.2) is 0 Å². The number of hydrogen-bond acceptors (Lipinski definition) is 3. The molecule has 0 aliphatic rings. The molecule has 1 atom stereocenters. The van der Waals surface area contributed by atoms with Crippen molar-refractivity contribution in [3.05, 3.63) is 0 Å². The first-order chi connectivity index (χ1) is 6.37. The highest BCUT2D eigenvalue weighted by Gasteiger charge is 2.16. The van der Waals surface area contributed by atoms with Crippen molar-refractivity contribution in [2.24, 2.45) is 0 Å². The van der Waals surface area contributed by atoms with Gasteiger partial charge in [-0.15, -0.1) is 0 Å². The maximum Gasteiger partial charge on any atom is 0.305 e. The summed E-state index contributed by atoms with van der Waals surface area (Å²) >= 11 is 0. The van der Waals surface area contributed by atoms with Crippen LogP contribution in [0.1, 0.15) is 33.6 Å². The van der Waals surface area contributed by atoms with Gasteiger partial charge in [-0.3, -0.25) is 4.79 Å². The van der Waals surface area contributed by atoms with Crippen molar-refractivity contribution in [2.75, 3.05) is 13.7 Å². The summed E-state index contributed by atoms with van der Waals surface area (Å²) in [6, 6.07) is 0. The zero-order chi connectivity index (χ0) is 11.2. The maximum atomic E-state index is 10.3. The number of carboxylic acids is 1. The van der Waals surface area contributed by atoms with E-state index in [0.29, 0.717) is 6.61 Å². The third-order valence-electron chi connectivity index (χ3n) is 2.12. The van der Waals surface area contributed by atoms with Crippen LogP contribution in [0.15, 0.2) is 0 Å². The van der Waals surface area contributed by atoms with E-state index in [1.807, 2.05) is 13.8 Å². The van der Waals surface area contributed by atoms with E-state index in [1.54, 1.807) is 14.0 Å². The Morgan fingerprint density at radius 2 is 2.07 bits per heavy atom. The standard InChI is InChI=1S/C10H20O4/c1-8(7-9(11)12)14-6-5-10(2,3)13-4/h8H,5-7H2,1-4H3,(H,11,12). The molecule has 0 aromatic carbocycles. The molecular formula is C10H20O4. The van der Waals surface area contributed by atoms with Crippen LogP contribution in [-0.4, -0.2) is 36.5 Å². The Morgan fingerprint density at radius 3 is 2.50 bits per heavy atom. The van der Waals surface area contributed by atoms with Crippen molar-refractivity contribution < 1.29 is 19.4 Å². The Morgan fingerprint density at radius 1 is 1.50 bits per heavy atom. The molecule has 0 heterocycles. The summed E-state index contributed by atoms with van der Waals surface area (Å²) in [5, 5.41) is 8.48. The number of carboxylic acid groups (broad SMARTS) is 1. The molecular weight excluding hydrogens is 184 g/mol. The van der Waals surface area contributed by atoms with Gasteiger partial charge in [-0.25, -0.2) is 0 Å².